The van der Waals surface area contributed by atoms with Gasteiger partial charge < -0.3 is 28.5 Å². The van der Waals surface area contributed by atoms with Crippen LogP contribution in [0.4, 0.5) is 0 Å². The van der Waals surface area contributed by atoms with Crippen LogP contribution in [0.3, 0.4) is 0 Å². The zero-order chi connectivity index (χ0) is 62.6. The fourth-order valence-corrected chi connectivity index (χ4v) is 9.89. The fraction of sp³-hybridized carbons (Fsp3) is 0.727. The van der Waals surface area contributed by atoms with E-state index in [-0.39, 0.29) is 32.2 Å². The summed E-state index contributed by atoms with van der Waals surface area (Å²) in [5.74, 6) is -1.99. The van der Waals surface area contributed by atoms with E-state index in [4.69, 9.17) is 18.9 Å². The van der Waals surface area contributed by atoms with Crippen molar-refractivity contribution in [2.24, 2.45) is 0 Å². The van der Waals surface area contributed by atoms with Crippen molar-refractivity contribution in [1.29, 1.82) is 0 Å². The Morgan fingerprint density at radius 2 is 0.663 bits per heavy atom. The summed E-state index contributed by atoms with van der Waals surface area (Å²) in [6, 6.07) is 0. The van der Waals surface area contributed by atoms with E-state index < -0.39 is 24.3 Å². The zero-order valence-electron chi connectivity index (χ0n) is 56.4. The van der Waals surface area contributed by atoms with Crippen molar-refractivity contribution in [2.45, 2.75) is 315 Å². The van der Waals surface area contributed by atoms with Gasteiger partial charge in [0.25, 0.3) is 6.29 Å². The van der Waals surface area contributed by atoms with Crippen LogP contribution in [0.15, 0.2) is 109 Å². The minimum Gasteiger partial charge on any atom is -0.477 e. The molecule has 0 aliphatic carbocycles. The second-order valence-electron chi connectivity index (χ2n) is 24.8. The first kappa shape index (κ1) is 82.0. The Labute approximate surface area is 530 Å². The molecule has 0 amide bonds. The van der Waals surface area contributed by atoms with Gasteiger partial charge in [0.1, 0.15) is 13.2 Å². The Hall–Kier alpha value is -4.05. The SMILES string of the molecule is CC/C=C\C/C=C\C/C=C\C/C=C\C/C=C\C/C=C\C/C=C\C/C=C\C/C=C\CCCCCCCCCCCCCCCC(=O)OC(COC(=O)CCCCCCCCCCCCCCCCCCCCCC)COC(OCC[N+](C)(C)C)C(=O)O. The first-order valence-electron chi connectivity index (χ1n) is 35.6. The molecule has 86 heavy (non-hydrogen) atoms. The molecule has 0 heterocycles. The number of likely N-dealkylation sites (N-methyl/N-ethyl adjacent to an activating group) is 1. The highest BCUT2D eigenvalue weighted by Gasteiger charge is 2.25. The van der Waals surface area contributed by atoms with Gasteiger partial charge >= 0.3 is 17.9 Å². The molecular weight excluding hydrogens is 1070 g/mol. The maximum absolute atomic E-state index is 12.9. The van der Waals surface area contributed by atoms with Crippen LogP contribution in [0.25, 0.3) is 0 Å². The van der Waals surface area contributed by atoms with Crippen LogP contribution in [-0.4, -0.2) is 87.4 Å². The molecule has 9 heteroatoms. The third kappa shape index (κ3) is 67.5. The van der Waals surface area contributed by atoms with Gasteiger partial charge in [-0.05, 0) is 83.5 Å². The topological polar surface area (TPSA) is 108 Å². The third-order valence-corrected chi connectivity index (χ3v) is 15.3. The minimum atomic E-state index is -1.51. The second-order valence-corrected chi connectivity index (χ2v) is 24.8. The number of aliphatic carboxylic acids is 1. The first-order valence-corrected chi connectivity index (χ1v) is 35.6. The van der Waals surface area contributed by atoms with E-state index in [1.807, 2.05) is 21.1 Å². The fourth-order valence-electron chi connectivity index (χ4n) is 9.89. The monoisotopic (exact) mass is 1200 g/mol. The van der Waals surface area contributed by atoms with Crippen molar-refractivity contribution >= 4 is 17.9 Å². The summed E-state index contributed by atoms with van der Waals surface area (Å²) in [7, 11) is 5.98. The van der Waals surface area contributed by atoms with E-state index in [0.29, 0.717) is 17.4 Å². The van der Waals surface area contributed by atoms with Gasteiger partial charge in [0.15, 0.2) is 6.10 Å². The van der Waals surface area contributed by atoms with E-state index in [0.717, 1.165) is 103 Å². The molecule has 0 radical (unpaired) electrons. The predicted octanol–water partition coefficient (Wildman–Crippen LogP) is 22.2. The lowest BCUT2D eigenvalue weighted by Gasteiger charge is -2.25. The number of carbonyl (C=O) groups excluding carboxylic acids is 2. The standard InChI is InChI=1S/C77H133NO8/c1-6-8-10-12-14-16-18-20-22-24-26-28-29-30-31-32-33-34-35-36-37-38-39-40-41-42-43-44-45-46-47-48-50-52-54-56-58-60-62-64-66-68-75(80)86-73(72-85-77(76(81)82)83-70-69-78(3,4)5)71-84-74(79)67-65-63-61-59-57-55-53-51-49-27-25-23-21-19-17-15-13-11-9-7-2/h8,10,14,16,20,22,26,28,30-31,33-34,36-37,39-40,42-43,73,77H,6-7,9,11-13,15,17-19,21,23-25,27,29,32,35,38,41,44-72H2,1-5H3/p+1/b10-8-,16-14-,22-20-,28-26-,31-30-,34-33-,37-36-,40-39-,43-42-. The number of unbranched alkanes of at least 4 members (excludes halogenated alkanes) is 32. The van der Waals surface area contributed by atoms with Crippen molar-refractivity contribution < 1.29 is 42.9 Å². The van der Waals surface area contributed by atoms with E-state index >= 15 is 0 Å². The Bertz CT molecular complexity index is 1780. The van der Waals surface area contributed by atoms with Crippen molar-refractivity contribution in [1.82, 2.24) is 0 Å². The van der Waals surface area contributed by atoms with Crippen molar-refractivity contribution in [3.8, 4) is 0 Å². The number of nitrogens with zero attached hydrogens (tertiary/aromatic N) is 1. The maximum atomic E-state index is 12.9. The second kappa shape index (κ2) is 66.9. The van der Waals surface area contributed by atoms with Gasteiger partial charge in [0, 0.05) is 12.8 Å². The van der Waals surface area contributed by atoms with Crippen molar-refractivity contribution in [2.75, 3.05) is 47.5 Å². The first-order chi connectivity index (χ1) is 42.1. The summed E-state index contributed by atoms with van der Waals surface area (Å²) in [5, 5.41) is 9.74. The highest BCUT2D eigenvalue weighted by molar-refractivity contribution is 5.71. The van der Waals surface area contributed by atoms with Crippen LogP contribution in [-0.2, 0) is 33.3 Å². The highest BCUT2D eigenvalue weighted by atomic mass is 16.7. The number of ether oxygens (including phenoxy) is 4. The summed E-state index contributed by atoms with van der Waals surface area (Å²) in [6.07, 6.45) is 90.6. The van der Waals surface area contributed by atoms with Crippen molar-refractivity contribution in [3.05, 3.63) is 109 Å². The largest absolute Gasteiger partial charge is 0.477 e. The lowest BCUT2D eigenvalue weighted by Crippen LogP contribution is -2.40. The van der Waals surface area contributed by atoms with Gasteiger partial charge in [0.05, 0.1) is 34.4 Å². The van der Waals surface area contributed by atoms with Gasteiger partial charge in [-0.3, -0.25) is 9.59 Å². The van der Waals surface area contributed by atoms with Crippen LogP contribution in [0.2, 0.25) is 0 Å². The van der Waals surface area contributed by atoms with Gasteiger partial charge in [-0.1, -0.05) is 316 Å². The summed E-state index contributed by atoms with van der Waals surface area (Å²) in [5.41, 5.74) is 0. The van der Waals surface area contributed by atoms with Gasteiger partial charge in [-0.15, -0.1) is 0 Å². The Morgan fingerprint density at radius 1 is 0.360 bits per heavy atom. The third-order valence-electron chi connectivity index (χ3n) is 15.3. The quantitative estimate of drug-likeness (QED) is 0.0211. The molecule has 0 spiro atoms. The summed E-state index contributed by atoms with van der Waals surface area (Å²) < 4.78 is 23.0. The smallest absolute Gasteiger partial charge is 0.361 e. The summed E-state index contributed by atoms with van der Waals surface area (Å²) in [6.45, 7) is 4.80. The average molecular weight is 1200 g/mol. The molecule has 1 N–H and O–H groups in total. The van der Waals surface area contributed by atoms with E-state index in [1.54, 1.807) is 0 Å². The Balaban J connectivity index is 4.08. The van der Waals surface area contributed by atoms with Gasteiger partial charge in [0.2, 0.25) is 0 Å². The number of hydrogen-bond acceptors (Lipinski definition) is 7. The molecule has 9 nitrogen and oxygen atoms in total. The lowest BCUT2D eigenvalue weighted by atomic mass is 10.0. The molecule has 0 fully saturated rings. The predicted molar refractivity (Wildman–Crippen MR) is 368 cm³/mol. The number of rotatable bonds is 65. The van der Waals surface area contributed by atoms with Crippen LogP contribution >= 0.6 is 0 Å². The molecule has 0 aromatic heterocycles. The van der Waals surface area contributed by atoms with Crippen LogP contribution < -0.4 is 0 Å². The molecule has 2 unspecified atom stereocenters. The van der Waals surface area contributed by atoms with E-state index in [9.17, 15) is 19.5 Å². The number of hydrogen-bond donors (Lipinski definition) is 1. The zero-order valence-corrected chi connectivity index (χ0v) is 56.4. The molecule has 0 aromatic rings. The molecular formula is C77H134NO8+. The highest BCUT2D eigenvalue weighted by Crippen LogP contribution is 2.18. The number of carboxylic acid groups (broad SMARTS) is 1. The van der Waals surface area contributed by atoms with Crippen LogP contribution in [0, 0.1) is 0 Å². The van der Waals surface area contributed by atoms with E-state index in [1.165, 1.54) is 173 Å². The summed E-state index contributed by atoms with van der Waals surface area (Å²) >= 11 is 0. The summed E-state index contributed by atoms with van der Waals surface area (Å²) in [4.78, 5) is 37.6. The van der Waals surface area contributed by atoms with Crippen molar-refractivity contribution in [3.63, 3.8) is 0 Å². The van der Waals surface area contributed by atoms with Crippen LogP contribution in [0.1, 0.15) is 303 Å². The molecule has 0 rings (SSSR count). The molecule has 0 aromatic carbocycles. The number of carboxylic acids is 1. The molecule has 494 valence electrons. The number of esters is 2. The van der Waals surface area contributed by atoms with Crippen LogP contribution in [0.5, 0.6) is 0 Å². The molecule has 2 atom stereocenters. The molecule has 0 aliphatic rings. The number of carbonyl (C=O) groups is 3. The maximum Gasteiger partial charge on any atom is 0.361 e. The minimum absolute atomic E-state index is 0.182. The normalized spacial score (nSPS) is 13.4. The average Bonchev–Trinajstić information content (AvgIpc) is 3.63. The molecule has 0 aliphatic heterocycles. The number of quaternary nitrogens is 1. The van der Waals surface area contributed by atoms with Gasteiger partial charge in [-0.2, -0.15) is 0 Å². The van der Waals surface area contributed by atoms with Gasteiger partial charge in [-0.25, -0.2) is 4.79 Å². The van der Waals surface area contributed by atoms with E-state index in [2.05, 4.69) is 123 Å². The molecule has 0 saturated carbocycles. The Morgan fingerprint density at radius 3 is 0.988 bits per heavy atom. The molecule has 0 saturated heterocycles. The number of allylic oxidation sites excluding steroid dienone is 18. The Kier molecular flexibility index (Phi) is 63.7. The lowest BCUT2D eigenvalue weighted by molar-refractivity contribution is -0.870. The molecule has 0 bridgehead atoms.